The summed E-state index contributed by atoms with van der Waals surface area (Å²) in [7, 11) is 0. The summed E-state index contributed by atoms with van der Waals surface area (Å²) in [6, 6.07) is 0. The maximum absolute atomic E-state index is 9.60. The molecule has 0 rings (SSSR count). The van der Waals surface area contributed by atoms with Crippen LogP contribution in [0.15, 0.2) is 48.6 Å². The predicted octanol–water partition coefficient (Wildman–Crippen LogP) is 2.68. The number of carbonyl (C=O) groups is 4. The van der Waals surface area contributed by atoms with Gasteiger partial charge in [0.05, 0.1) is 0 Å². The van der Waals surface area contributed by atoms with Crippen molar-refractivity contribution in [2.24, 2.45) is 0 Å². The van der Waals surface area contributed by atoms with Gasteiger partial charge < -0.3 is 35.7 Å². The van der Waals surface area contributed by atoms with Gasteiger partial charge in [-0.25, -0.2) is 19.2 Å². The van der Waals surface area contributed by atoms with Gasteiger partial charge in [0.15, 0.2) is 0 Å². The van der Waals surface area contributed by atoms with Gasteiger partial charge >= 0.3 is 45.6 Å². The number of aliphatic hydroxyl groups excluding tert-OH is 3. The number of carboxylic acid groups (broad SMARTS) is 4. The standard InChI is InChI=1S/4C4H6O2.3C3H8O.Ti.4H/c4*1-3(2)4(5)6;3*1-3(2)4;;;;;/h4*1H2,2H3,(H,5,6);3*3-4H,1-2H3;;;;;. The van der Waals surface area contributed by atoms with Gasteiger partial charge in [0.1, 0.15) is 0 Å². The van der Waals surface area contributed by atoms with Crippen LogP contribution in [0.5, 0.6) is 0 Å². The number of aliphatic hydroxyl groups is 3. The molecule has 0 aliphatic heterocycles. The minimum absolute atomic E-state index is 0. The third-order valence-corrected chi connectivity index (χ3v) is 1.46. The van der Waals surface area contributed by atoms with Crippen molar-refractivity contribution < 1.29 is 76.6 Å². The van der Waals surface area contributed by atoms with E-state index in [0.717, 1.165) is 0 Å². The Morgan fingerprint density at radius 3 is 0.459 bits per heavy atom. The summed E-state index contributed by atoms with van der Waals surface area (Å²) in [4.78, 5) is 38.4. The summed E-state index contributed by atoms with van der Waals surface area (Å²) in [6.07, 6.45) is -0.500. The molecule has 0 atom stereocenters. The third kappa shape index (κ3) is 183. The Hall–Kier alpha value is -2.57. The summed E-state index contributed by atoms with van der Waals surface area (Å²) in [5.41, 5.74) is 0.704. The van der Waals surface area contributed by atoms with Crippen LogP contribution in [0, 0.1) is 0 Å². The van der Waals surface area contributed by atoms with Crippen molar-refractivity contribution in [2.75, 3.05) is 0 Å². The molecule has 0 aromatic rings. The summed E-state index contributed by atoms with van der Waals surface area (Å²) in [5.74, 6) is -3.74. The number of hydrogen-bond donors (Lipinski definition) is 7. The monoisotopic (exact) mass is 576 g/mol. The van der Waals surface area contributed by atoms with Crippen molar-refractivity contribution in [1.29, 1.82) is 0 Å². The summed E-state index contributed by atoms with van der Waals surface area (Å²) in [6.45, 7) is 28.7. The fraction of sp³-hybridized carbons (Fsp3) is 0.520. The Balaban J connectivity index is -0.0000000444. The molecular weight excluding hydrogens is 524 g/mol. The van der Waals surface area contributed by atoms with Gasteiger partial charge in [-0.15, -0.1) is 0 Å². The number of rotatable bonds is 4. The average Bonchev–Trinajstić information content (AvgIpc) is 2.61. The fourth-order valence-electron chi connectivity index (χ4n) is 0. The van der Waals surface area contributed by atoms with E-state index in [0.29, 0.717) is 0 Å². The molecule has 37 heavy (non-hydrogen) atoms. The molecule has 222 valence electrons. The van der Waals surface area contributed by atoms with Gasteiger partial charge in [-0.05, 0) is 69.2 Å². The number of hydrogen-bond acceptors (Lipinski definition) is 7. The molecule has 11 nitrogen and oxygen atoms in total. The minimum atomic E-state index is -0.935. The van der Waals surface area contributed by atoms with Gasteiger partial charge in [0.25, 0.3) is 0 Å². The van der Waals surface area contributed by atoms with Crippen LogP contribution in [-0.4, -0.2) is 77.9 Å². The second kappa shape index (κ2) is 38.0. The van der Waals surface area contributed by atoms with Crippen molar-refractivity contribution in [3.63, 3.8) is 0 Å². The number of aliphatic carboxylic acids is 4. The second-order valence-electron chi connectivity index (χ2n) is 7.62. The molecule has 0 aromatic carbocycles. The van der Waals surface area contributed by atoms with E-state index in [1.54, 1.807) is 41.5 Å². The molecule has 0 aliphatic carbocycles. The molecule has 0 heterocycles. The molecule has 0 fully saturated rings. The zero-order valence-corrected chi connectivity index (χ0v) is 23.3. The molecule has 0 radical (unpaired) electrons. The molecule has 0 spiro atoms. The summed E-state index contributed by atoms with van der Waals surface area (Å²) in [5, 5.41) is 55.7. The van der Waals surface area contributed by atoms with Crippen LogP contribution in [-0.2, 0) is 40.9 Å². The SMILES string of the molecule is C=C(C)C(=O)O.C=C(C)C(=O)O.C=C(C)C(=O)O.C=C(C)C(=O)O.CC(C)O.CC(C)O.CC(C)O.[TiH4]. The van der Waals surface area contributed by atoms with E-state index < -0.39 is 23.9 Å². The Morgan fingerprint density at radius 2 is 0.459 bits per heavy atom. The van der Waals surface area contributed by atoms with Crippen molar-refractivity contribution in [3.8, 4) is 0 Å². The zero-order chi connectivity index (χ0) is 31.4. The van der Waals surface area contributed by atoms with Crippen molar-refractivity contribution >= 4 is 23.9 Å². The first-order chi connectivity index (χ1) is 15.8. The van der Waals surface area contributed by atoms with Crippen molar-refractivity contribution in [2.45, 2.75) is 87.5 Å². The van der Waals surface area contributed by atoms with Crippen molar-refractivity contribution in [1.82, 2.24) is 0 Å². The molecule has 7 N–H and O–H groups in total. The van der Waals surface area contributed by atoms with Gasteiger partial charge in [-0.2, -0.15) is 0 Å². The van der Waals surface area contributed by atoms with Gasteiger partial charge in [-0.1, -0.05) is 26.3 Å². The predicted molar refractivity (Wildman–Crippen MR) is 147 cm³/mol. The van der Waals surface area contributed by atoms with Gasteiger partial charge in [-0.3, -0.25) is 0 Å². The molecule has 0 aromatic heterocycles. The molecule has 0 amide bonds. The van der Waals surface area contributed by atoms with E-state index in [9.17, 15) is 19.2 Å². The quantitative estimate of drug-likeness (QED) is 0.191. The van der Waals surface area contributed by atoms with Crippen LogP contribution in [0.1, 0.15) is 69.2 Å². The van der Waals surface area contributed by atoms with Crippen LogP contribution in [0.4, 0.5) is 0 Å². The summed E-state index contributed by atoms with van der Waals surface area (Å²) >= 11 is 0. The molecule has 12 heteroatoms. The fourth-order valence-corrected chi connectivity index (χ4v) is 0. The molecule has 0 saturated heterocycles. The first-order valence-electron chi connectivity index (χ1n) is 10.4. The van der Waals surface area contributed by atoms with Crippen LogP contribution < -0.4 is 0 Å². The first kappa shape index (κ1) is 55.1. The van der Waals surface area contributed by atoms with E-state index in [-0.39, 0.29) is 62.3 Å². The van der Waals surface area contributed by atoms with Crippen LogP contribution in [0.3, 0.4) is 0 Å². The van der Waals surface area contributed by atoms with E-state index in [4.69, 9.17) is 35.7 Å². The molecule has 0 saturated carbocycles. The average molecular weight is 577 g/mol. The van der Waals surface area contributed by atoms with Crippen LogP contribution >= 0.6 is 0 Å². The van der Waals surface area contributed by atoms with E-state index in [1.165, 1.54) is 27.7 Å². The van der Waals surface area contributed by atoms with E-state index in [2.05, 4.69) is 26.3 Å². The van der Waals surface area contributed by atoms with Gasteiger partial charge in [0.2, 0.25) is 0 Å². The van der Waals surface area contributed by atoms with Crippen molar-refractivity contribution in [3.05, 3.63) is 48.6 Å². The molecule has 0 unspecified atom stereocenters. The Labute approximate surface area is 236 Å². The van der Waals surface area contributed by atoms with Crippen LogP contribution in [0.25, 0.3) is 0 Å². The topological polar surface area (TPSA) is 210 Å². The second-order valence-corrected chi connectivity index (χ2v) is 7.62. The third-order valence-electron chi connectivity index (χ3n) is 1.46. The Kier molecular flexibility index (Phi) is 56.5. The maximum atomic E-state index is 9.60. The van der Waals surface area contributed by atoms with Gasteiger partial charge in [0, 0.05) is 40.6 Å². The number of carboxylic acids is 4. The van der Waals surface area contributed by atoms with E-state index in [1.807, 2.05) is 0 Å². The first-order valence-corrected chi connectivity index (χ1v) is 10.4. The Bertz CT molecular complexity index is 499. The molecule has 0 bridgehead atoms. The molecular formula is C25H52O11Ti. The summed E-state index contributed by atoms with van der Waals surface area (Å²) < 4.78 is 0. The Morgan fingerprint density at radius 1 is 0.432 bits per heavy atom. The van der Waals surface area contributed by atoms with Crippen LogP contribution in [0.2, 0.25) is 0 Å². The molecule has 0 aliphatic rings. The van der Waals surface area contributed by atoms with E-state index >= 15 is 0 Å². The normalized spacial score (nSPS) is 7.78. The zero-order valence-electron chi connectivity index (χ0n) is 23.3.